The third kappa shape index (κ3) is 5.12. The number of rotatable bonds is 6. The summed E-state index contributed by atoms with van der Waals surface area (Å²) >= 11 is 5.88. The number of ether oxygens (including phenoxy) is 1. The van der Waals surface area contributed by atoms with Crippen LogP contribution in [0.4, 0.5) is 0 Å². The molecule has 0 saturated carbocycles. The number of benzene rings is 2. The first-order valence-corrected chi connectivity index (χ1v) is 7.27. The van der Waals surface area contributed by atoms with Gasteiger partial charge in [0.15, 0.2) is 6.10 Å². The molecule has 2 aromatic carbocycles. The SMILES string of the molecule is CC(Oc1cccc(Cl)c1)C(=O)NCCc1ccccc1. The fraction of sp³-hybridized carbons (Fsp3) is 0.235. The van der Waals surface area contributed by atoms with E-state index >= 15 is 0 Å². The van der Waals surface area contributed by atoms with E-state index in [-0.39, 0.29) is 5.91 Å². The fourth-order valence-corrected chi connectivity index (χ4v) is 2.10. The van der Waals surface area contributed by atoms with Crippen molar-refractivity contribution in [3.63, 3.8) is 0 Å². The number of hydrogen-bond acceptors (Lipinski definition) is 2. The van der Waals surface area contributed by atoms with Gasteiger partial charge in [-0.05, 0) is 37.1 Å². The molecule has 0 saturated heterocycles. The normalized spacial score (nSPS) is 11.7. The molecule has 0 radical (unpaired) electrons. The maximum absolute atomic E-state index is 12.0. The predicted molar refractivity (Wildman–Crippen MR) is 84.7 cm³/mol. The monoisotopic (exact) mass is 303 g/mol. The van der Waals surface area contributed by atoms with Gasteiger partial charge >= 0.3 is 0 Å². The van der Waals surface area contributed by atoms with Crippen molar-refractivity contribution in [1.82, 2.24) is 5.32 Å². The van der Waals surface area contributed by atoms with Crippen LogP contribution in [0.2, 0.25) is 5.02 Å². The molecule has 0 aliphatic heterocycles. The van der Waals surface area contributed by atoms with Crippen LogP contribution >= 0.6 is 11.6 Å². The first kappa shape index (κ1) is 15.4. The van der Waals surface area contributed by atoms with Crippen molar-refractivity contribution in [3.8, 4) is 5.75 Å². The molecule has 0 aliphatic rings. The van der Waals surface area contributed by atoms with Crippen molar-refractivity contribution >= 4 is 17.5 Å². The summed E-state index contributed by atoms with van der Waals surface area (Å²) in [6, 6.07) is 17.1. The van der Waals surface area contributed by atoms with E-state index in [2.05, 4.69) is 5.32 Å². The Morgan fingerprint density at radius 3 is 2.67 bits per heavy atom. The van der Waals surface area contributed by atoms with Crippen molar-refractivity contribution in [2.45, 2.75) is 19.4 Å². The van der Waals surface area contributed by atoms with Crippen molar-refractivity contribution in [3.05, 3.63) is 65.2 Å². The Morgan fingerprint density at radius 1 is 1.19 bits per heavy atom. The molecule has 21 heavy (non-hydrogen) atoms. The molecule has 0 aliphatic carbocycles. The minimum atomic E-state index is -0.556. The molecule has 0 heterocycles. The van der Waals surface area contributed by atoms with Gasteiger partial charge in [-0.25, -0.2) is 0 Å². The van der Waals surface area contributed by atoms with Crippen LogP contribution in [0.25, 0.3) is 0 Å². The highest BCUT2D eigenvalue weighted by Crippen LogP contribution is 2.18. The highest BCUT2D eigenvalue weighted by molar-refractivity contribution is 6.30. The summed E-state index contributed by atoms with van der Waals surface area (Å²) in [4.78, 5) is 12.0. The fourth-order valence-electron chi connectivity index (χ4n) is 1.92. The Morgan fingerprint density at radius 2 is 1.95 bits per heavy atom. The summed E-state index contributed by atoms with van der Waals surface area (Å²) < 4.78 is 5.56. The summed E-state index contributed by atoms with van der Waals surface area (Å²) in [6.07, 6.45) is 0.246. The topological polar surface area (TPSA) is 38.3 Å². The molecule has 1 amide bonds. The van der Waals surface area contributed by atoms with Crippen LogP contribution in [-0.4, -0.2) is 18.6 Å². The van der Waals surface area contributed by atoms with Gasteiger partial charge in [0.05, 0.1) is 0 Å². The van der Waals surface area contributed by atoms with E-state index in [1.165, 1.54) is 5.56 Å². The number of amides is 1. The predicted octanol–water partition coefficient (Wildman–Crippen LogP) is 3.47. The summed E-state index contributed by atoms with van der Waals surface area (Å²) in [5.74, 6) is 0.458. The lowest BCUT2D eigenvalue weighted by molar-refractivity contribution is -0.127. The third-order valence-electron chi connectivity index (χ3n) is 3.03. The molecular weight excluding hydrogens is 286 g/mol. The van der Waals surface area contributed by atoms with Crippen LogP contribution in [0.3, 0.4) is 0 Å². The average Bonchev–Trinajstić information content (AvgIpc) is 2.48. The van der Waals surface area contributed by atoms with Crippen LogP contribution in [0.5, 0.6) is 5.75 Å². The van der Waals surface area contributed by atoms with Gasteiger partial charge in [0.25, 0.3) is 5.91 Å². The second-order valence-corrected chi connectivity index (χ2v) is 5.18. The third-order valence-corrected chi connectivity index (χ3v) is 3.27. The highest BCUT2D eigenvalue weighted by Gasteiger charge is 2.14. The highest BCUT2D eigenvalue weighted by atomic mass is 35.5. The molecule has 4 heteroatoms. The van der Waals surface area contributed by atoms with E-state index in [4.69, 9.17) is 16.3 Å². The quantitative estimate of drug-likeness (QED) is 0.887. The Hall–Kier alpha value is -2.00. The summed E-state index contributed by atoms with van der Waals surface area (Å²) in [5.41, 5.74) is 1.20. The summed E-state index contributed by atoms with van der Waals surface area (Å²) in [5, 5.41) is 3.46. The summed E-state index contributed by atoms with van der Waals surface area (Å²) in [7, 11) is 0. The van der Waals surface area contributed by atoms with Gasteiger partial charge in [-0.15, -0.1) is 0 Å². The number of halogens is 1. The zero-order chi connectivity index (χ0) is 15.1. The molecule has 110 valence electrons. The second-order valence-electron chi connectivity index (χ2n) is 4.74. The standard InChI is InChI=1S/C17H18ClNO2/c1-13(21-16-9-5-8-15(18)12-16)17(20)19-11-10-14-6-3-2-4-7-14/h2-9,12-13H,10-11H2,1H3,(H,19,20). The lowest BCUT2D eigenvalue weighted by Crippen LogP contribution is -2.37. The molecule has 0 fully saturated rings. The van der Waals surface area contributed by atoms with Crippen LogP contribution < -0.4 is 10.1 Å². The van der Waals surface area contributed by atoms with Gasteiger partial charge in [0, 0.05) is 11.6 Å². The van der Waals surface area contributed by atoms with Crippen molar-refractivity contribution in [2.24, 2.45) is 0 Å². The molecule has 1 atom stereocenters. The molecule has 0 bridgehead atoms. The number of carbonyl (C=O) groups is 1. The molecule has 1 unspecified atom stereocenters. The molecule has 0 spiro atoms. The number of carbonyl (C=O) groups excluding carboxylic acids is 1. The molecular formula is C17H18ClNO2. The van der Waals surface area contributed by atoms with Gasteiger partial charge < -0.3 is 10.1 Å². The maximum atomic E-state index is 12.0. The number of hydrogen-bond donors (Lipinski definition) is 1. The zero-order valence-electron chi connectivity index (χ0n) is 11.9. The van der Waals surface area contributed by atoms with Crippen molar-refractivity contribution in [1.29, 1.82) is 0 Å². The van der Waals surface area contributed by atoms with Gasteiger partial charge in [0.1, 0.15) is 5.75 Å². The largest absolute Gasteiger partial charge is 0.481 e. The molecule has 2 aromatic rings. The van der Waals surface area contributed by atoms with Gasteiger partial charge in [-0.3, -0.25) is 4.79 Å². The molecule has 3 nitrogen and oxygen atoms in total. The van der Waals surface area contributed by atoms with Crippen LogP contribution in [-0.2, 0) is 11.2 Å². The Bertz CT molecular complexity index is 586. The van der Waals surface area contributed by atoms with Crippen molar-refractivity contribution < 1.29 is 9.53 Å². The average molecular weight is 304 g/mol. The minimum Gasteiger partial charge on any atom is -0.481 e. The van der Waals surface area contributed by atoms with Crippen LogP contribution in [0.1, 0.15) is 12.5 Å². The minimum absolute atomic E-state index is 0.133. The van der Waals surface area contributed by atoms with Crippen LogP contribution in [0.15, 0.2) is 54.6 Å². The van der Waals surface area contributed by atoms with E-state index in [1.807, 2.05) is 30.3 Å². The first-order valence-electron chi connectivity index (χ1n) is 6.89. The van der Waals surface area contributed by atoms with E-state index in [1.54, 1.807) is 31.2 Å². The Kier molecular flexibility index (Phi) is 5.64. The lowest BCUT2D eigenvalue weighted by Gasteiger charge is -2.14. The lowest BCUT2D eigenvalue weighted by atomic mass is 10.1. The molecule has 0 aromatic heterocycles. The van der Waals surface area contributed by atoms with Gasteiger partial charge in [-0.2, -0.15) is 0 Å². The smallest absolute Gasteiger partial charge is 0.260 e. The second kappa shape index (κ2) is 7.70. The zero-order valence-corrected chi connectivity index (χ0v) is 12.6. The van der Waals surface area contributed by atoms with E-state index in [9.17, 15) is 4.79 Å². The van der Waals surface area contributed by atoms with Gasteiger partial charge in [0.2, 0.25) is 0 Å². The Balaban J connectivity index is 1.77. The maximum Gasteiger partial charge on any atom is 0.260 e. The summed E-state index contributed by atoms with van der Waals surface area (Å²) in [6.45, 7) is 2.31. The van der Waals surface area contributed by atoms with E-state index < -0.39 is 6.10 Å². The molecule has 1 N–H and O–H groups in total. The van der Waals surface area contributed by atoms with Crippen molar-refractivity contribution in [2.75, 3.05) is 6.54 Å². The van der Waals surface area contributed by atoms with Crippen LogP contribution in [0, 0.1) is 0 Å². The van der Waals surface area contributed by atoms with E-state index in [0.717, 1.165) is 6.42 Å². The van der Waals surface area contributed by atoms with E-state index in [0.29, 0.717) is 17.3 Å². The van der Waals surface area contributed by atoms with Gasteiger partial charge in [-0.1, -0.05) is 48.0 Å². The number of nitrogens with one attached hydrogen (secondary N) is 1. The first-order chi connectivity index (χ1) is 10.1. The Labute approximate surface area is 129 Å². The molecule has 2 rings (SSSR count).